The van der Waals surface area contributed by atoms with Crippen LogP contribution in [0, 0.1) is 6.92 Å². The lowest BCUT2D eigenvalue weighted by atomic mass is 10.2. The monoisotopic (exact) mass is 270 g/mol. The Hall–Kier alpha value is -0.970. The lowest BCUT2D eigenvalue weighted by molar-refractivity contribution is -0.133. The van der Waals surface area contributed by atoms with E-state index in [1.54, 1.807) is 0 Å². The lowest BCUT2D eigenvalue weighted by Crippen LogP contribution is -2.07. The van der Waals surface area contributed by atoms with Crippen molar-refractivity contribution in [3.05, 3.63) is 11.5 Å². The van der Waals surface area contributed by atoms with E-state index in [9.17, 15) is 4.79 Å². The summed E-state index contributed by atoms with van der Waals surface area (Å²) in [6, 6.07) is 0. The Morgan fingerprint density at radius 3 is 2.67 bits per heavy atom. The van der Waals surface area contributed by atoms with Gasteiger partial charge in [-0.25, -0.2) is 4.98 Å². The van der Waals surface area contributed by atoms with Gasteiger partial charge in [0.05, 0.1) is 5.75 Å². The maximum absolute atomic E-state index is 10.6. The van der Waals surface area contributed by atoms with E-state index >= 15 is 0 Å². The van der Waals surface area contributed by atoms with Crippen molar-refractivity contribution in [3.8, 4) is 0 Å². The number of carbonyl (C=O) groups is 1. The highest BCUT2D eigenvalue weighted by Crippen LogP contribution is 2.26. The zero-order chi connectivity index (χ0) is 13.7. The van der Waals surface area contributed by atoms with Crippen LogP contribution in [0.15, 0.2) is 5.03 Å². The number of hydrogen-bond donors (Lipinski definition) is 1. The number of imidazole rings is 1. The molecular formula is C13H22N2O2S. The predicted octanol–water partition coefficient (Wildman–Crippen LogP) is 3.29. The summed E-state index contributed by atoms with van der Waals surface area (Å²) in [5.74, 6) is 0.700. The zero-order valence-corrected chi connectivity index (χ0v) is 12.4. The van der Waals surface area contributed by atoms with Gasteiger partial charge in [-0.3, -0.25) is 4.79 Å². The SMILES string of the molecule is CCCCn1c(C(C)C)nc(SCC(=O)O)c1C. The number of aliphatic carboxylic acids is 1. The topological polar surface area (TPSA) is 55.1 Å². The summed E-state index contributed by atoms with van der Waals surface area (Å²) in [6.07, 6.45) is 2.27. The Morgan fingerprint density at radius 2 is 2.17 bits per heavy atom. The molecule has 0 fully saturated rings. The fourth-order valence-corrected chi connectivity index (χ4v) is 2.58. The molecule has 0 aliphatic heterocycles. The maximum Gasteiger partial charge on any atom is 0.313 e. The van der Waals surface area contributed by atoms with Crippen LogP contribution in [-0.2, 0) is 11.3 Å². The first kappa shape index (κ1) is 15.1. The van der Waals surface area contributed by atoms with Crippen molar-refractivity contribution in [3.63, 3.8) is 0 Å². The molecule has 0 saturated carbocycles. The molecule has 1 aromatic rings. The van der Waals surface area contributed by atoms with E-state index in [1.165, 1.54) is 11.8 Å². The first-order valence-corrected chi connectivity index (χ1v) is 7.37. The van der Waals surface area contributed by atoms with Gasteiger partial charge in [-0.2, -0.15) is 0 Å². The van der Waals surface area contributed by atoms with E-state index in [1.807, 2.05) is 6.92 Å². The van der Waals surface area contributed by atoms with E-state index in [2.05, 4.69) is 30.3 Å². The smallest absolute Gasteiger partial charge is 0.313 e. The van der Waals surface area contributed by atoms with Crippen molar-refractivity contribution in [2.75, 3.05) is 5.75 Å². The minimum atomic E-state index is -0.798. The lowest BCUT2D eigenvalue weighted by Gasteiger charge is -2.11. The van der Waals surface area contributed by atoms with Crippen molar-refractivity contribution in [1.82, 2.24) is 9.55 Å². The summed E-state index contributed by atoms with van der Waals surface area (Å²) in [7, 11) is 0. The van der Waals surface area contributed by atoms with Crippen molar-refractivity contribution < 1.29 is 9.90 Å². The molecule has 0 radical (unpaired) electrons. The van der Waals surface area contributed by atoms with Crippen LogP contribution in [0.4, 0.5) is 0 Å². The number of nitrogens with zero attached hydrogens (tertiary/aromatic N) is 2. The van der Waals surface area contributed by atoms with E-state index < -0.39 is 5.97 Å². The van der Waals surface area contributed by atoms with Crippen LogP contribution < -0.4 is 0 Å². The van der Waals surface area contributed by atoms with E-state index in [0.29, 0.717) is 5.92 Å². The van der Waals surface area contributed by atoms with Crippen LogP contribution in [0.1, 0.15) is 51.0 Å². The molecule has 0 bridgehead atoms. The molecule has 0 aromatic carbocycles. The number of aromatic nitrogens is 2. The van der Waals surface area contributed by atoms with Gasteiger partial charge in [-0.05, 0) is 13.3 Å². The Labute approximate surface area is 113 Å². The van der Waals surface area contributed by atoms with Gasteiger partial charge in [-0.15, -0.1) is 0 Å². The molecule has 5 heteroatoms. The summed E-state index contributed by atoms with van der Waals surface area (Å²) in [5.41, 5.74) is 1.10. The fourth-order valence-electron chi connectivity index (χ4n) is 1.84. The van der Waals surface area contributed by atoms with Crippen molar-refractivity contribution in [2.24, 2.45) is 0 Å². The standard InChI is InChI=1S/C13H22N2O2S/c1-5-6-7-15-10(4)13(18-8-11(16)17)14-12(15)9(2)3/h9H,5-8H2,1-4H3,(H,16,17). The third-order valence-electron chi connectivity index (χ3n) is 2.79. The first-order chi connectivity index (χ1) is 8.47. The van der Waals surface area contributed by atoms with Crippen molar-refractivity contribution >= 4 is 17.7 Å². The van der Waals surface area contributed by atoms with Gasteiger partial charge in [0.2, 0.25) is 0 Å². The maximum atomic E-state index is 10.6. The zero-order valence-electron chi connectivity index (χ0n) is 11.6. The number of carboxylic acids is 1. The molecule has 1 N–H and O–H groups in total. The van der Waals surface area contributed by atoms with Gasteiger partial charge >= 0.3 is 5.97 Å². The normalized spacial score (nSPS) is 11.2. The highest BCUT2D eigenvalue weighted by molar-refractivity contribution is 7.99. The molecule has 0 aliphatic carbocycles. The summed E-state index contributed by atoms with van der Waals surface area (Å²) in [6.45, 7) is 9.41. The average Bonchev–Trinajstić information content (AvgIpc) is 2.61. The fraction of sp³-hybridized carbons (Fsp3) is 0.692. The molecule has 0 aliphatic rings. The molecule has 0 amide bonds. The quantitative estimate of drug-likeness (QED) is 0.772. The number of thioether (sulfide) groups is 1. The number of hydrogen-bond acceptors (Lipinski definition) is 3. The molecule has 0 saturated heterocycles. The summed E-state index contributed by atoms with van der Waals surface area (Å²) < 4.78 is 2.23. The van der Waals surface area contributed by atoms with Gasteiger partial charge in [0, 0.05) is 18.2 Å². The minimum absolute atomic E-state index is 0.0726. The van der Waals surface area contributed by atoms with Gasteiger partial charge in [0.15, 0.2) is 0 Å². The van der Waals surface area contributed by atoms with Crippen LogP contribution in [0.5, 0.6) is 0 Å². The van der Waals surface area contributed by atoms with Gasteiger partial charge in [-0.1, -0.05) is 39.0 Å². The molecule has 102 valence electrons. The van der Waals surface area contributed by atoms with Gasteiger partial charge in [0.1, 0.15) is 10.9 Å². The molecule has 0 atom stereocenters. The second-order valence-corrected chi connectivity index (χ2v) is 5.67. The molecule has 1 aromatic heterocycles. The highest BCUT2D eigenvalue weighted by Gasteiger charge is 2.16. The van der Waals surface area contributed by atoms with Gasteiger partial charge < -0.3 is 9.67 Å². The Morgan fingerprint density at radius 1 is 1.50 bits per heavy atom. The second kappa shape index (κ2) is 6.83. The molecule has 1 heterocycles. The number of carboxylic acid groups (broad SMARTS) is 1. The highest BCUT2D eigenvalue weighted by atomic mass is 32.2. The summed E-state index contributed by atoms with van der Waals surface area (Å²) in [4.78, 5) is 15.2. The predicted molar refractivity (Wildman–Crippen MR) is 74.3 cm³/mol. The first-order valence-electron chi connectivity index (χ1n) is 6.39. The number of rotatable bonds is 7. The Balaban J connectivity index is 2.95. The van der Waals surface area contributed by atoms with Crippen LogP contribution in [0.3, 0.4) is 0 Å². The van der Waals surface area contributed by atoms with Crippen LogP contribution in [-0.4, -0.2) is 26.4 Å². The Kier molecular flexibility index (Phi) is 5.72. The Bertz CT molecular complexity index is 413. The molecule has 18 heavy (non-hydrogen) atoms. The second-order valence-electron chi connectivity index (χ2n) is 4.70. The van der Waals surface area contributed by atoms with Crippen LogP contribution in [0.25, 0.3) is 0 Å². The van der Waals surface area contributed by atoms with Crippen LogP contribution >= 0.6 is 11.8 Å². The van der Waals surface area contributed by atoms with Crippen LogP contribution in [0.2, 0.25) is 0 Å². The largest absolute Gasteiger partial charge is 0.481 e. The molecular weight excluding hydrogens is 248 g/mol. The average molecular weight is 270 g/mol. The van der Waals surface area contributed by atoms with Gasteiger partial charge in [0.25, 0.3) is 0 Å². The third-order valence-corrected chi connectivity index (χ3v) is 3.84. The summed E-state index contributed by atoms with van der Waals surface area (Å²) >= 11 is 1.31. The van der Waals surface area contributed by atoms with Crippen molar-refractivity contribution in [2.45, 2.75) is 58.0 Å². The van der Waals surface area contributed by atoms with E-state index in [-0.39, 0.29) is 5.75 Å². The minimum Gasteiger partial charge on any atom is -0.481 e. The molecule has 1 rings (SSSR count). The molecule has 0 unspecified atom stereocenters. The van der Waals surface area contributed by atoms with Crippen molar-refractivity contribution in [1.29, 1.82) is 0 Å². The number of unbranched alkanes of at least 4 members (excludes halogenated alkanes) is 1. The van der Waals surface area contributed by atoms with E-state index in [4.69, 9.17) is 5.11 Å². The molecule has 4 nitrogen and oxygen atoms in total. The molecule has 0 spiro atoms. The van der Waals surface area contributed by atoms with E-state index in [0.717, 1.165) is 35.9 Å². The third kappa shape index (κ3) is 3.77. The summed E-state index contributed by atoms with van der Waals surface area (Å²) in [5, 5.41) is 9.60.